The molecule has 0 spiro atoms. The zero-order valence-electron chi connectivity index (χ0n) is 12.1. The molecule has 7 heteroatoms. The van der Waals surface area contributed by atoms with Gasteiger partial charge >= 0.3 is 0 Å². The standard InChI is InChI=1S/C13H22BrF2N3O/c1-4-10-13(14)11(19(3)18-10)7-9(17-2)5-6-20-8-12(15)16/h9,12,17H,4-8H2,1-3H3. The molecule has 0 saturated heterocycles. The highest BCUT2D eigenvalue weighted by molar-refractivity contribution is 9.10. The summed E-state index contributed by atoms with van der Waals surface area (Å²) in [5.41, 5.74) is 2.14. The molecular formula is C13H22BrF2N3O. The molecule has 116 valence electrons. The fraction of sp³-hybridized carbons (Fsp3) is 0.769. The molecule has 1 N–H and O–H groups in total. The van der Waals surface area contributed by atoms with Gasteiger partial charge in [0.25, 0.3) is 6.43 Å². The van der Waals surface area contributed by atoms with E-state index in [-0.39, 0.29) is 6.04 Å². The SMILES string of the molecule is CCc1nn(C)c(CC(CCOCC(F)F)NC)c1Br. The summed E-state index contributed by atoms with van der Waals surface area (Å²) < 4.78 is 31.8. The number of nitrogens with one attached hydrogen (secondary N) is 1. The van der Waals surface area contributed by atoms with Gasteiger partial charge in [-0.15, -0.1) is 0 Å². The predicted molar refractivity (Wildman–Crippen MR) is 78.3 cm³/mol. The summed E-state index contributed by atoms with van der Waals surface area (Å²) in [6.45, 7) is 1.89. The molecule has 1 atom stereocenters. The molecular weight excluding hydrogens is 332 g/mol. The Hall–Kier alpha value is -0.530. The van der Waals surface area contributed by atoms with E-state index in [9.17, 15) is 8.78 Å². The van der Waals surface area contributed by atoms with Crippen LogP contribution in [-0.2, 0) is 24.6 Å². The molecule has 20 heavy (non-hydrogen) atoms. The monoisotopic (exact) mass is 353 g/mol. The van der Waals surface area contributed by atoms with Gasteiger partial charge in [-0.05, 0) is 35.8 Å². The summed E-state index contributed by atoms with van der Waals surface area (Å²) in [6, 6.07) is 0.170. The van der Waals surface area contributed by atoms with Crippen molar-refractivity contribution in [3.63, 3.8) is 0 Å². The fourth-order valence-corrected chi connectivity index (χ4v) is 2.80. The first-order chi connectivity index (χ1) is 9.49. The smallest absolute Gasteiger partial charge is 0.261 e. The van der Waals surface area contributed by atoms with E-state index >= 15 is 0 Å². The second-order valence-electron chi connectivity index (χ2n) is 4.63. The molecule has 0 radical (unpaired) electrons. The van der Waals surface area contributed by atoms with Crippen molar-refractivity contribution in [2.45, 2.75) is 38.7 Å². The van der Waals surface area contributed by atoms with Crippen LogP contribution in [0.1, 0.15) is 24.7 Å². The van der Waals surface area contributed by atoms with Crippen LogP contribution in [0.4, 0.5) is 8.78 Å². The highest BCUT2D eigenvalue weighted by atomic mass is 79.9. The number of rotatable bonds is 9. The molecule has 0 aliphatic rings. The van der Waals surface area contributed by atoms with Gasteiger partial charge in [0.2, 0.25) is 0 Å². The van der Waals surface area contributed by atoms with Gasteiger partial charge in [0.1, 0.15) is 6.61 Å². The quantitative estimate of drug-likeness (QED) is 0.693. The number of ether oxygens (including phenoxy) is 1. The molecule has 1 unspecified atom stereocenters. The number of nitrogens with zero attached hydrogens (tertiary/aromatic N) is 2. The lowest BCUT2D eigenvalue weighted by molar-refractivity contribution is 0.0145. The van der Waals surface area contributed by atoms with Gasteiger partial charge in [0.15, 0.2) is 0 Å². The van der Waals surface area contributed by atoms with E-state index in [0.717, 1.165) is 28.7 Å². The molecule has 0 amide bonds. The first kappa shape index (κ1) is 17.5. The van der Waals surface area contributed by atoms with Crippen LogP contribution in [0.2, 0.25) is 0 Å². The largest absolute Gasteiger partial charge is 0.375 e. The minimum absolute atomic E-state index is 0.170. The number of alkyl halides is 2. The molecule has 0 saturated carbocycles. The third-order valence-corrected chi connectivity index (χ3v) is 4.12. The molecule has 0 aliphatic carbocycles. The van der Waals surface area contributed by atoms with Crippen LogP contribution in [0.15, 0.2) is 4.47 Å². The molecule has 1 rings (SSSR count). The first-order valence-corrected chi connectivity index (χ1v) is 7.52. The first-order valence-electron chi connectivity index (χ1n) is 6.72. The number of halogens is 3. The maximum absolute atomic E-state index is 12.0. The average molecular weight is 354 g/mol. The number of aromatic nitrogens is 2. The van der Waals surface area contributed by atoms with E-state index in [4.69, 9.17) is 4.74 Å². The number of likely N-dealkylation sites (N-methyl/N-ethyl adjacent to an activating group) is 1. The Morgan fingerprint density at radius 1 is 1.45 bits per heavy atom. The molecule has 0 aromatic carbocycles. The van der Waals surface area contributed by atoms with Gasteiger partial charge in [-0.1, -0.05) is 6.92 Å². The summed E-state index contributed by atoms with van der Waals surface area (Å²) in [4.78, 5) is 0. The van der Waals surface area contributed by atoms with Crippen molar-refractivity contribution in [1.29, 1.82) is 0 Å². The van der Waals surface area contributed by atoms with Crippen molar-refractivity contribution in [3.8, 4) is 0 Å². The zero-order chi connectivity index (χ0) is 15.1. The highest BCUT2D eigenvalue weighted by Gasteiger charge is 2.17. The van der Waals surface area contributed by atoms with Gasteiger partial charge in [-0.25, -0.2) is 8.78 Å². The second kappa shape index (κ2) is 8.69. The van der Waals surface area contributed by atoms with E-state index in [2.05, 4.69) is 33.3 Å². The Balaban J connectivity index is 2.53. The van der Waals surface area contributed by atoms with E-state index < -0.39 is 13.0 Å². The molecule has 1 aromatic rings. The molecule has 1 aromatic heterocycles. The van der Waals surface area contributed by atoms with Crippen molar-refractivity contribution in [3.05, 3.63) is 15.9 Å². The lowest BCUT2D eigenvalue weighted by Gasteiger charge is -2.16. The van der Waals surface area contributed by atoms with Crippen molar-refractivity contribution in [2.75, 3.05) is 20.3 Å². The number of aryl methyl sites for hydroxylation is 2. The average Bonchev–Trinajstić information content (AvgIpc) is 2.68. The van der Waals surface area contributed by atoms with E-state index in [1.165, 1.54) is 0 Å². The van der Waals surface area contributed by atoms with Crippen LogP contribution in [0, 0.1) is 0 Å². The highest BCUT2D eigenvalue weighted by Crippen LogP contribution is 2.23. The van der Waals surface area contributed by atoms with E-state index in [1.807, 2.05) is 18.8 Å². The topological polar surface area (TPSA) is 39.1 Å². The minimum atomic E-state index is -2.40. The number of hydrogen-bond donors (Lipinski definition) is 1. The molecule has 4 nitrogen and oxygen atoms in total. The molecule has 1 heterocycles. The summed E-state index contributed by atoms with van der Waals surface area (Å²) in [5, 5.41) is 7.64. The Morgan fingerprint density at radius 2 is 2.15 bits per heavy atom. The van der Waals surface area contributed by atoms with E-state index in [0.29, 0.717) is 13.0 Å². The van der Waals surface area contributed by atoms with Gasteiger partial charge in [0, 0.05) is 26.1 Å². The van der Waals surface area contributed by atoms with Crippen LogP contribution >= 0.6 is 15.9 Å². The maximum Gasteiger partial charge on any atom is 0.261 e. The summed E-state index contributed by atoms with van der Waals surface area (Å²) in [7, 11) is 3.78. The third-order valence-electron chi connectivity index (χ3n) is 3.21. The Bertz CT molecular complexity index is 413. The lowest BCUT2D eigenvalue weighted by Crippen LogP contribution is -2.30. The van der Waals surface area contributed by atoms with Crippen LogP contribution in [0.25, 0.3) is 0 Å². The Labute approximate surface area is 127 Å². The summed E-state index contributed by atoms with van der Waals surface area (Å²) in [5.74, 6) is 0. The summed E-state index contributed by atoms with van der Waals surface area (Å²) >= 11 is 3.58. The van der Waals surface area contributed by atoms with Crippen molar-refractivity contribution >= 4 is 15.9 Å². The maximum atomic E-state index is 12.0. The van der Waals surface area contributed by atoms with Crippen LogP contribution in [-0.4, -0.2) is 42.5 Å². The van der Waals surface area contributed by atoms with E-state index in [1.54, 1.807) is 0 Å². The van der Waals surface area contributed by atoms with Crippen LogP contribution < -0.4 is 5.32 Å². The molecule has 0 aliphatic heterocycles. The van der Waals surface area contributed by atoms with Crippen molar-refractivity contribution in [2.24, 2.45) is 7.05 Å². The predicted octanol–water partition coefficient (Wildman–Crippen LogP) is 2.55. The van der Waals surface area contributed by atoms with Crippen LogP contribution in [0.3, 0.4) is 0 Å². The molecule has 0 bridgehead atoms. The van der Waals surface area contributed by atoms with Crippen LogP contribution in [0.5, 0.6) is 0 Å². The van der Waals surface area contributed by atoms with Gasteiger partial charge in [-0.3, -0.25) is 4.68 Å². The van der Waals surface area contributed by atoms with Gasteiger partial charge in [-0.2, -0.15) is 5.10 Å². The Morgan fingerprint density at radius 3 is 2.65 bits per heavy atom. The fourth-order valence-electron chi connectivity index (χ4n) is 2.02. The summed E-state index contributed by atoms with van der Waals surface area (Å²) in [6.07, 6.45) is -0.0711. The Kier molecular flexibility index (Phi) is 7.61. The van der Waals surface area contributed by atoms with Gasteiger partial charge < -0.3 is 10.1 Å². The van der Waals surface area contributed by atoms with Gasteiger partial charge in [0.05, 0.1) is 15.9 Å². The van der Waals surface area contributed by atoms with Crippen molar-refractivity contribution < 1.29 is 13.5 Å². The lowest BCUT2D eigenvalue weighted by atomic mass is 10.1. The second-order valence-corrected chi connectivity index (χ2v) is 5.42. The third kappa shape index (κ3) is 5.10. The van der Waals surface area contributed by atoms with Crippen molar-refractivity contribution in [1.82, 2.24) is 15.1 Å². The minimum Gasteiger partial charge on any atom is -0.375 e. The molecule has 0 fully saturated rings. The normalized spacial score (nSPS) is 13.2. The number of hydrogen-bond acceptors (Lipinski definition) is 3. The zero-order valence-corrected chi connectivity index (χ0v) is 13.7.